The fourth-order valence-corrected chi connectivity index (χ4v) is 3.21. The summed E-state index contributed by atoms with van der Waals surface area (Å²) < 4.78 is 1.73. The van der Waals surface area contributed by atoms with Gasteiger partial charge in [-0.25, -0.2) is 4.99 Å². The minimum Gasteiger partial charge on any atom is -0.344 e. The molecule has 0 radical (unpaired) electrons. The molecule has 1 amide bonds. The number of benzene rings is 2. The molecule has 26 heavy (non-hydrogen) atoms. The number of amides is 1. The molecule has 1 unspecified atom stereocenters. The van der Waals surface area contributed by atoms with Gasteiger partial charge in [0.1, 0.15) is 6.04 Å². The van der Waals surface area contributed by atoms with Gasteiger partial charge in [-0.05, 0) is 6.42 Å². The Bertz CT molecular complexity index is 889. The Morgan fingerprint density at radius 1 is 1.00 bits per heavy atom. The molecular weight excluding hydrogens is 324 g/mol. The molecule has 3 aromatic rings. The third-order valence-electron chi connectivity index (χ3n) is 4.63. The van der Waals surface area contributed by atoms with E-state index in [-0.39, 0.29) is 11.9 Å². The Balaban J connectivity index is 1.71. The van der Waals surface area contributed by atoms with Crippen molar-refractivity contribution in [3.05, 3.63) is 84.1 Å². The van der Waals surface area contributed by atoms with Gasteiger partial charge in [0.15, 0.2) is 5.82 Å². The van der Waals surface area contributed by atoms with E-state index in [2.05, 4.69) is 5.10 Å². The summed E-state index contributed by atoms with van der Waals surface area (Å²) in [6, 6.07) is 21.8. The van der Waals surface area contributed by atoms with Gasteiger partial charge in [0.25, 0.3) is 0 Å². The number of carbonyl (C=O) groups excluding carboxylic acids is 1. The second-order valence-electron chi connectivity index (χ2n) is 6.41. The molecule has 4 rings (SSSR count). The molecule has 0 bridgehead atoms. The number of nitrogens with zero attached hydrogens (tertiary/aromatic N) is 4. The highest BCUT2D eigenvalue weighted by atomic mass is 16.2. The zero-order chi connectivity index (χ0) is 17.9. The van der Waals surface area contributed by atoms with Crippen molar-refractivity contribution in [1.29, 1.82) is 0 Å². The van der Waals surface area contributed by atoms with Gasteiger partial charge in [0, 0.05) is 37.0 Å². The topological polar surface area (TPSA) is 50.5 Å². The number of hydrogen-bond acceptors (Lipinski definition) is 3. The van der Waals surface area contributed by atoms with Crippen LogP contribution in [0.1, 0.15) is 23.6 Å². The van der Waals surface area contributed by atoms with Crippen LogP contribution >= 0.6 is 0 Å². The zero-order valence-electron chi connectivity index (χ0n) is 14.6. The predicted molar refractivity (Wildman–Crippen MR) is 102 cm³/mol. The van der Waals surface area contributed by atoms with Crippen LogP contribution in [0.3, 0.4) is 0 Å². The molecule has 130 valence electrons. The lowest BCUT2D eigenvalue weighted by Gasteiger charge is -2.10. The van der Waals surface area contributed by atoms with Crippen molar-refractivity contribution in [3.63, 3.8) is 0 Å². The third-order valence-corrected chi connectivity index (χ3v) is 4.63. The molecule has 1 saturated heterocycles. The minimum absolute atomic E-state index is 0.106. The fraction of sp³-hybridized carbons (Fsp3) is 0.190. The summed E-state index contributed by atoms with van der Waals surface area (Å²) in [6.07, 6.45) is 2.62. The molecule has 1 fully saturated rings. The Kier molecular flexibility index (Phi) is 4.35. The molecule has 1 aliphatic heterocycles. The number of hydrogen-bond donors (Lipinski definition) is 0. The maximum atomic E-state index is 12.2. The van der Waals surface area contributed by atoms with Crippen molar-refractivity contribution in [3.8, 4) is 0 Å². The number of likely N-dealkylation sites (tertiary alicyclic amines) is 1. The van der Waals surface area contributed by atoms with Crippen molar-refractivity contribution in [2.45, 2.75) is 12.5 Å². The summed E-state index contributed by atoms with van der Waals surface area (Å²) in [7, 11) is 1.83. The molecule has 1 atom stereocenters. The fourth-order valence-electron chi connectivity index (χ4n) is 3.21. The van der Waals surface area contributed by atoms with E-state index in [1.165, 1.54) is 0 Å². The lowest BCUT2D eigenvalue weighted by Crippen LogP contribution is -2.24. The van der Waals surface area contributed by atoms with Crippen LogP contribution in [0, 0.1) is 0 Å². The Morgan fingerprint density at radius 3 is 2.15 bits per heavy atom. The highest BCUT2D eigenvalue weighted by molar-refractivity contribution is 6.13. The van der Waals surface area contributed by atoms with Gasteiger partial charge in [-0.3, -0.25) is 9.48 Å². The molecule has 5 nitrogen and oxygen atoms in total. The first-order valence-corrected chi connectivity index (χ1v) is 8.72. The molecule has 0 spiro atoms. The van der Waals surface area contributed by atoms with Gasteiger partial charge < -0.3 is 4.90 Å². The van der Waals surface area contributed by atoms with E-state index in [0.29, 0.717) is 5.82 Å². The highest BCUT2D eigenvalue weighted by Gasteiger charge is 2.31. The van der Waals surface area contributed by atoms with Crippen LogP contribution in [0.15, 0.2) is 77.9 Å². The lowest BCUT2D eigenvalue weighted by molar-refractivity contribution is -0.129. The monoisotopic (exact) mass is 344 g/mol. The summed E-state index contributed by atoms with van der Waals surface area (Å²) in [4.78, 5) is 18.7. The molecule has 5 heteroatoms. The number of aromatic nitrogens is 2. The predicted octanol–water partition coefficient (Wildman–Crippen LogP) is 3.46. The number of aliphatic imine (C=N–C) groups is 1. The van der Waals surface area contributed by atoms with Crippen molar-refractivity contribution in [2.24, 2.45) is 4.99 Å². The maximum Gasteiger partial charge on any atom is 0.247 e. The summed E-state index contributed by atoms with van der Waals surface area (Å²) in [5.74, 6) is 0.713. The molecule has 0 N–H and O–H groups in total. The van der Waals surface area contributed by atoms with Crippen LogP contribution in [0.2, 0.25) is 0 Å². The van der Waals surface area contributed by atoms with E-state index in [9.17, 15) is 4.79 Å². The molecule has 1 aliphatic rings. The van der Waals surface area contributed by atoms with E-state index >= 15 is 0 Å². The molecule has 2 heterocycles. The van der Waals surface area contributed by atoms with Crippen LogP contribution < -0.4 is 0 Å². The number of likely N-dealkylation sites (N-methyl/N-ethyl adjacent to an activating group) is 1. The molecule has 2 aromatic carbocycles. The first-order valence-electron chi connectivity index (χ1n) is 8.72. The minimum atomic E-state index is -0.221. The quantitative estimate of drug-likeness (QED) is 0.681. The van der Waals surface area contributed by atoms with Gasteiger partial charge in [-0.2, -0.15) is 5.10 Å². The van der Waals surface area contributed by atoms with E-state index in [4.69, 9.17) is 4.99 Å². The number of rotatable bonds is 4. The van der Waals surface area contributed by atoms with E-state index in [1.807, 2.05) is 80.0 Å². The van der Waals surface area contributed by atoms with Gasteiger partial charge in [0.2, 0.25) is 5.91 Å². The molecule has 0 aliphatic carbocycles. The van der Waals surface area contributed by atoms with Crippen molar-refractivity contribution in [2.75, 3.05) is 13.6 Å². The summed E-state index contributed by atoms with van der Waals surface area (Å²) in [5, 5.41) is 4.55. The Hall–Kier alpha value is -3.21. The third kappa shape index (κ3) is 3.16. The zero-order valence-corrected chi connectivity index (χ0v) is 14.6. The van der Waals surface area contributed by atoms with Crippen molar-refractivity contribution < 1.29 is 4.79 Å². The standard InChI is InChI=1S/C21H20N4O/c1-24-14-12-18(21(24)26)25-15-13-19(23-25)22-20(16-8-4-2-5-9-16)17-10-6-3-7-11-17/h2-11,13,15,18H,12,14H2,1H3. The molecular formula is C21H20N4O. The molecule has 0 saturated carbocycles. The number of carbonyl (C=O) groups is 1. The Labute approximate surface area is 152 Å². The summed E-state index contributed by atoms with van der Waals surface area (Å²) >= 11 is 0. The highest BCUT2D eigenvalue weighted by Crippen LogP contribution is 2.23. The lowest BCUT2D eigenvalue weighted by atomic mass is 10.0. The van der Waals surface area contributed by atoms with Crippen molar-refractivity contribution in [1.82, 2.24) is 14.7 Å². The van der Waals surface area contributed by atoms with Crippen LogP contribution in [0.25, 0.3) is 0 Å². The van der Waals surface area contributed by atoms with Gasteiger partial charge >= 0.3 is 0 Å². The van der Waals surface area contributed by atoms with Gasteiger partial charge in [-0.15, -0.1) is 0 Å². The van der Waals surface area contributed by atoms with Crippen LogP contribution in [-0.2, 0) is 4.79 Å². The van der Waals surface area contributed by atoms with Gasteiger partial charge in [0.05, 0.1) is 5.71 Å². The molecule has 1 aromatic heterocycles. The Morgan fingerprint density at radius 2 is 1.62 bits per heavy atom. The van der Waals surface area contributed by atoms with E-state index in [0.717, 1.165) is 29.8 Å². The van der Waals surface area contributed by atoms with Gasteiger partial charge in [-0.1, -0.05) is 60.7 Å². The average molecular weight is 344 g/mol. The van der Waals surface area contributed by atoms with Crippen molar-refractivity contribution >= 4 is 17.4 Å². The maximum absolute atomic E-state index is 12.2. The summed E-state index contributed by atoms with van der Waals surface area (Å²) in [6.45, 7) is 0.765. The second kappa shape index (κ2) is 6.96. The average Bonchev–Trinajstić information content (AvgIpc) is 3.28. The smallest absolute Gasteiger partial charge is 0.247 e. The van der Waals surface area contributed by atoms with E-state index < -0.39 is 0 Å². The second-order valence-corrected chi connectivity index (χ2v) is 6.41. The summed E-state index contributed by atoms with van der Waals surface area (Å²) in [5.41, 5.74) is 2.93. The first kappa shape index (κ1) is 16.3. The van der Waals surface area contributed by atoms with Crippen LogP contribution in [0.4, 0.5) is 5.82 Å². The first-order chi connectivity index (χ1) is 12.7. The van der Waals surface area contributed by atoms with E-state index in [1.54, 1.807) is 9.58 Å². The largest absolute Gasteiger partial charge is 0.344 e. The van der Waals surface area contributed by atoms with Crippen LogP contribution in [-0.4, -0.2) is 39.9 Å². The van der Waals surface area contributed by atoms with Crippen LogP contribution in [0.5, 0.6) is 0 Å². The normalized spacial score (nSPS) is 16.7. The SMILES string of the molecule is CN1CCC(n2ccc(N=C(c3ccccc3)c3ccccc3)n2)C1=O.